The van der Waals surface area contributed by atoms with Gasteiger partial charge in [-0.25, -0.2) is 4.79 Å². The Bertz CT molecular complexity index is 1170. The van der Waals surface area contributed by atoms with E-state index in [9.17, 15) is 44.3 Å². The highest BCUT2D eigenvalue weighted by molar-refractivity contribution is 5.68. The number of anilines is 1. The summed E-state index contributed by atoms with van der Waals surface area (Å²) in [5, 5.41) is 0. The molecule has 1 amide bonds. The van der Waals surface area contributed by atoms with Crippen LogP contribution >= 0.6 is 0 Å². The molecule has 2 atom stereocenters. The number of carbonyl (C=O) groups is 1. The predicted molar refractivity (Wildman–Crippen MR) is 136 cm³/mol. The van der Waals surface area contributed by atoms with Crippen molar-refractivity contribution < 1.29 is 53.8 Å². The molecule has 4 aliphatic rings. The molecule has 0 saturated carbocycles. The summed E-state index contributed by atoms with van der Waals surface area (Å²) in [7, 11) is 0. The maximum Gasteiger partial charge on any atom is 0.434 e. The molecule has 0 aliphatic carbocycles. The van der Waals surface area contributed by atoms with E-state index in [1.54, 1.807) is 0 Å². The van der Waals surface area contributed by atoms with E-state index in [2.05, 4.69) is 9.64 Å². The molecule has 242 valence electrons. The van der Waals surface area contributed by atoms with Crippen molar-refractivity contribution in [2.45, 2.75) is 69.8 Å². The summed E-state index contributed by atoms with van der Waals surface area (Å²) in [6.45, 7) is 7.07. The van der Waals surface area contributed by atoms with Crippen LogP contribution in [0.15, 0.2) is 18.2 Å². The number of piperidine rings is 1. The van der Waals surface area contributed by atoms with Crippen LogP contribution < -0.4 is 4.90 Å². The van der Waals surface area contributed by atoms with Crippen LogP contribution in [-0.4, -0.2) is 85.8 Å². The van der Waals surface area contributed by atoms with E-state index in [4.69, 9.17) is 4.74 Å². The third kappa shape index (κ3) is 6.66. The summed E-state index contributed by atoms with van der Waals surface area (Å²) in [6.07, 6.45) is -20.7. The van der Waals surface area contributed by atoms with Crippen LogP contribution in [-0.2, 0) is 22.2 Å². The molecule has 4 heterocycles. The second-order valence-electron chi connectivity index (χ2n) is 13.0. The van der Waals surface area contributed by atoms with E-state index in [0.29, 0.717) is 64.3 Å². The number of benzene rings is 1. The zero-order valence-electron chi connectivity index (χ0n) is 23.7. The smallest absolute Gasteiger partial charge is 0.426 e. The summed E-state index contributed by atoms with van der Waals surface area (Å²) >= 11 is 0. The first-order chi connectivity index (χ1) is 19.8. The molecule has 5 rings (SSSR count). The van der Waals surface area contributed by atoms with Crippen LogP contribution in [0, 0.1) is 17.3 Å². The monoisotopic (exact) mass is 631 g/mol. The Morgan fingerprint density at radius 2 is 1.56 bits per heavy atom. The molecule has 15 heteroatoms. The molecule has 0 bridgehead atoms. The van der Waals surface area contributed by atoms with Crippen molar-refractivity contribution in [1.29, 1.82) is 0 Å². The molecule has 6 nitrogen and oxygen atoms in total. The predicted octanol–water partition coefficient (Wildman–Crippen LogP) is 6.48. The van der Waals surface area contributed by atoms with Gasteiger partial charge in [0.25, 0.3) is 6.10 Å². The number of nitrogens with zero attached hydrogens (tertiary/aromatic N) is 3. The molecule has 43 heavy (non-hydrogen) atoms. The van der Waals surface area contributed by atoms with Crippen LogP contribution in [0.1, 0.15) is 44.2 Å². The van der Waals surface area contributed by atoms with E-state index >= 15 is 0 Å². The number of rotatable bonds is 4. The number of amides is 1. The largest absolute Gasteiger partial charge is 0.434 e. The van der Waals surface area contributed by atoms with Gasteiger partial charge in [0.15, 0.2) is 0 Å². The Hall–Kier alpha value is -2.42. The first-order valence-corrected chi connectivity index (χ1v) is 14.1. The molecule has 0 radical (unpaired) electrons. The van der Waals surface area contributed by atoms with E-state index < -0.39 is 41.8 Å². The first kappa shape index (κ1) is 32.0. The molecule has 4 aliphatic heterocycles. The fourth-order valence-corrected chi connectivity index (χ4v) is 7.23. The van der Waals surface area contributed by atoms with Gasteiger partial charge in [0.05, 0.1) is 18.8 Å². The fourth-order valence-electron chi connectivity index (χ4n) is 7.23. The number of hydrogen-bond acceptors (Lipinski definition) is 5. The summed E-state index contributed by atoms with van der Waals surface area (Å²) in [4.78, 5) is 17.3. The first-order valence-electron chi connectivity index (χ1n) is 14.1. The average molecular weight is 632 g/mol. The quantitative estimate of drug-likeness (QED) is 0.356. The fraction of sp³-hybridized carbons (Fsp3) is 0.750. The molecule has 0 N–H and O–H groups in total. The molecule has 2 unspecified atom stereocenters. The normalized spacial score (nSPS) is 26.0. The lowest BCUT2D eigenvalue weighted by molar-refractivity contribution is -0.308. The number of likely N-dealkylation sites (tertiary alicyclic amines) is 2. The summed E-state index contributed by atoms with van der Waals surface area (Å²) in [5.41, 5.74) is -0.237. The second kappa shape index (κ2) is 10.9. The number of alkyl halides is 9. The third-order valence-electron chi connectivity index (χ3n) is 9.44. The lowest BCUT2D eigenvalue weighted by atomic mass is 9.74. The van der Waals surface area contributed by atoms with Gasteiger partial charge in [-0.1, -0.05) is 6.07 Å². The molecular formula is C28H34F9N3O3. The van der Waals surface area contributed by atoms with Gasteiger partial charge in [0.2, 0.25) is 0 Å². The molecule has 1 aromatic carbocycles. The SMILES string of the molecule is CC1(C)CC2(CCN(C(=O)OC(C(F)(F)F)C(F)(F)F)CC2)CN1Cc1ccc(C(F)(F)F)cc1N1CC2COCC2C1. The number of carbonyl (C=O) groups excluding carboxylic acids is 1. The van der Waals surface area contributed by atoms with Gasteiger partial charge < -0.3 is 19.3 Å². The summed E-state index contributed by atoms with van der Waals surface area (Å²) in [6, 6.07) is 3.80. The Morgan fingerprint density at radius 1 is 0.977 bits per heavy atom. The van der Waals surface area contributed by atoms with Gasteiger partial charge in [-0.2, -0.15) is 39.5 Å². The van der Waals surface area contributed by atoms with Crippen molar-refractivity contribution in [3.8, 4) is 0 Å². The van der Waals surface area contributed by atoms with E-state index in [1.807, 2.05) is 18.7 Å². The Morgan fingerprint density at radius 3 is 2.09 bits per heavy atom. The van der Waals surface area contributed by atoms with Crippen LogP contribution in [0.25, 0.3) is 0 Å². The minimum absolute atomic E-state index is 0.0741. The van der Waals surface area contributed by atoms with Crippen LogP contribution in [0.2, 0.25) is 0 Å². The lowest BCUT2D eigenvalue weighted by Gasteiger charge is -2.39. The number of ether oxygens (including phenoxy) is 2. The third-order valence-corrected chi connectivity index (χ3v) is 9.44. The van der Waals surface area contributed by atoms with Crippen molar-refractivity contribution in [3.63, 3.8) is 0 Å². The van der Waals surface area contributed by atoms with Gasteiger partial charge >= 0.3 is 24.6 Å². The maximum atomic E-state index is 13.7. The lowest BCUT2D eigenvalue weighted by Crippen LogP contribution is -2.50. The van der Waals surface area contributed by atoms with E-state index in [0.717, 1.165) is 16.5 Å². The van der Waals surface area contributed by atoms with Crippen LogP contribution in [0.5, 0.6) is 0 Å². The number of hydrogen-bond donors (Lipinski definition) is 0. The molecular weight excluding hydrogens is 597 g/mol. The van der Waals surface area contributed by atoms with E-state index in [-0.39, 0.29) is 30.3 Å². The van der Waals surface area contributed by atoms with Crippen molar-refractivity contribution in [3.05, 3.63) is 29.3 Å². The standard InChI is InChI=1S/C28H34F9N3O3/c1-24(2)15-25(5-7-38(8-6-25)23(41)43-22(27(32,33)34)28(35,36)37)16-40(24)12-17-3-4-20(26(29,30)31)9-21(17)39-10-18-13-42-14-19(18)11-39/h3-4,9,18-19,22H,5-8,10-16H2,1-2H3. The highest BCUT2D eigenvalue weighted by Gasteiger charge is 2.60. The van der Waals surface area contributed by atoms with Crippen LogP contribution in [0.4, 0.5) is 50.0 Å². The van der Waals surface area contributed by atoms with Crippen molar-refractivity contribution in [2.24, 2.45) is 17.3 Å². The number of fused-ring (bicyclic) bond motifs is 1. The molecule has 4 fully saturated rings. The topological polar surface area (TPSA) is 45.2 Å². The highest BCUT2D eigenvalue weighted by atomic mass is 19.4. The van der Waals surface area contributed by atoms with Crippen LogP contribution in [0.3, 0.4) is 0 Å². The molecule has 0 aromatic heterocycles. The zero-order chi connectivity index (χ0) is 31.6. The molecule has 4 saturated heterocycles. The molecule has 1 spiro atoms. The van der Waals surface area contributed by atoms with Crippen molar-refractivity contribution in [2.75, 3.05) is 50.8 Å². The second-order valence-corrected chi connectivity index (χ2v) is 13.0. The summed E-state index contributed by atoms with van der Waals surface area (Å²) in [5.74, 6) is 0.515. The summed E-state index contributed by atoms with van der Waals surface area (Å²) < 4.78 is 128. The van der Waals surface area contributed by atoms with Gasteiger partial charge in [0, 0.05) is 62.3 Å². The average Bonchev–Trinajstić information content (AvgIpc) is 3.53. The molecule has 1 aromatic rings. The van der Waals surface area contributed by atoms with E-state index in [1.165, 1.54) is 12.1 Å². The van der Waals surface area contributed by atoms with Crippen molar-refractivity contribution in [1.82, 2.24) is 9.80 Å². The van der Waals surface area contributed by atoms with Gasteiger partial charge in [0.1, 0.15) is 0 Å². The Kier molecular flexibility index (Phi) is 8.09. The maximum absolute atomic E-state index is 13.7. The van der Waals surface area contributed by atoms with Crippen molar-refractivity contribution >= 4 is 11.8 Å². The Labute approximate surface area is 243 Å². The van der Waals surface area contributed by atoms with Gasteiger partial charge in [-0.3, -0.25) is 4.90 Å². The minimum atomic E-state index is -5.79. The highest BCUT2D eigenvalue weighted by Crippen LogP contribution is 2.49. The minimum Gasteiger partial charge on any atom is -0.426 e. The number of halogens is 9. The van der Waals surface area contributed by atoms with Gasteiger partial charge in [-0.05, 0) is 56.2 Å². The van der Waals surface area contributed by atoms with Gasteiger partial charge in [-0.15, -0.1) is 0 Å². The Balaban J connectivity index is 1.28. The zero-order valence-corrected chi connectivity index (χ0v) is 23.7.